The molecule has 1 fully saturated rings. The summed E-state index contributed by atoms with van der Waals surface area (Å²) in [5.74, 6) is 0. The molecule has 2 heteroatoms. The quantitative estimate of drug-likeness (QED) is 0.684. The Bertz CT molecular complexity index is 355. The number of para-hydroxylation sites is 1. The Morgan fingerprint density at radius 3 is 2.93 bits per heavy atom. The number of aryl methyl sites for hydroxylation is 1. The fourth-order valence-corrected chi connectivity index (χ4v) is 2.47. The highest BCUT2D eigenvalue weighted by Crippen LogP contribution is 2.39. The van der Waals surface area contributed by atoms with Gasteiger partial charge in [-0.15, -0.1) is 0 Å². The van der Waals surface area contributed by atoms with Crippen LogP contribution in [0, 0.1) is 0 Å². The van der Waals surface area contributed by atoms with Crippen molar-refractivity contribution in [3.63, 3.8) is 0 Å². The molecule has 2 nitrogen and oxygen atoms in total. The topological polar surface area (TPSA) is 29.3 Å². The van der Waals surface area contributed by atoms with Gasteiger partial charge in [0.1, 0.15) is 0 Å². The maximum absolute atomic E-state index is 6.06. The first-order chi connectivity index (χ1) is 6.86. The molecule has 2 aliphatic rings. The standard InChI is InChI=1S/C12H16N2/c13-11-5-1-3-9-4-2-8-14(12(9)11)10-6-7-10/h1,3,5,10H,2,4,6-8,13H2. The summed E-state index contributed by atoms with van der Waals surface area (Å²) in [6.45, 7) is 1.20. The second-order valence-corrected chi connectivity index (χ2v) is 4.38. The van der Waals surface area contributed by atoms with Crippen LogP contribution in [0.1, 0.15) is 24.8 Å². The molecule has 1 aliphatic carbocycles. The van der Waals surface area contributed by atoms with Crippen LogP contribution in [0.3, 0.4) is 0 Å². The molecular weight excluding hydrogens is 172 g/mol. The number of fused-ring (bicyclic) bond motifs is 1. The number of nitrogen functional groups attached to an aromatic ring is 1. The van der Waals surface area contributed by atoms with Crippen LogP contribution in [0.4, 0.5) is 11.4 Å². The number of nitrogens with two attached hydrogens (primary N) is 1. The lowest BCUT2D eigenvalue weighted by Crippen LogP contribution is -2.32. The monoisotopic (exact) mass is 188 g/mol. The second-order valence-electron chi connectivity index (χ2n) is 4.38. The lowest BCUT2D eigenvalue weighted by Gasteiger charge is -2.32. The molecule has 1 aromatic rings. The summed E-state index contributed by atoms with van der Waals surface area (Å²) in [4.78, 5) is 2.52. The zero-order chi connectivity index (χ0) is 9.54. The van der Waals surface area contributed by atoms with Crippen molar-refractivity contribution in [2.75, 3.05) is 17.2 Å². The van der Waals surface area contributed by atoms with E-state index in [1.54, 1.807) is 0 Å². The Labute approximate surface area is 84.7 Å². The van der Waals surface area contributed by atoms with Gasteiger partial charge in [0.2, 0.25) is 0 Å². The minimum absolute atomic E-state index is 0.791. The Balaban J connectivity index is 2.07. The van der Waals surface area contributed by atoms with E-state index >= 15 is 0 Å². The SMILES string of the molecule is Nc1cccc2c1N(C1CC1)CCC2. The minimum Gasteiger partial charge on any atom is -0.397 e. The van der Waals surface area contributed by atoms with Crippen LogP contribution < -0.4 is 10.6 Å². The van der Waals surface area contributed by atoms with Gasteiger partial charge >= 0.3 is 0 Å². The molecule has 1 aromatic carbocycles. The van der Waals surface area contributed by atoms with Crippen molar-refractivity contribution in [3.8, 4) is 0 Å². The highest BCUT2D eigenvalue weighted by molar-refractivity contribution is 5.73. The molecule has 1 aliphatic heterocycles. The number of hydrogen-bond acceptors (Lipinski definition) is 2. The van der Waals surface area contributed by atoms with E-state index in [9.17, 15) is 0 Å². The number of benzene rings is 1. The maximum atomic E-state index is 6.06. The van der Waals surface area contributed by atoms with Crippen molar-refractivity contribution in [2.45, 2.75) is 31.7 Å². The lowest BCUT2D eigenvalue weighted by atomic mass is 10.0. The number of nitrogens with zero attached hydrogens (tertiary/aromatic N) is 1. The van der Waals surface area contributed by atoms with Crippen molar-refractivity contribution >= 4 is 11.4 Å². The molecule has 0 spiro atoms. The third-order valence-corrected chi connectivity index (χ3v) is 3.27. The van der Waals surface area contributed by atoms with E-state index in [1.165, 1.54) is 43.5 Å². The number of hydrogen-bond donors (Lipinski definition) is 1. The molecule has 74 valence electrons. The van der Waals surface area contributed by atoms with E-state index in [1.807, 2.05) is 6.07 Å². The van der Waals surface area contributed by atoms with Gasteiger partial charge in [0.15, 0.2) is 0 Å². The van der Waals surface area contributed by atoms with Crippen molar-refractivity contribution in [3.05, 3.63) is 23.8 Å². The highest BCUT2D eigenvalue weighted by Gasteiger charge is 2.32. The smallest absolute Gasteiger partial charge is 0.0634 e. The molecule has 0 atom stereocenters. The van der Waals surface area contributed by atoms with Crippen LogP contribution >= 0.6 is 0 Å². The van der Waals surface area contributed by atoms with Crippen molar-refractivity contribution in [1.29, 1.82) is 0 Å². The third-order valence-electron chi connectivity index (χ3n) is 3.27. The first-order valence-electron chi connectivity index (χ1n) is 5.50. The van der Waals surface area contributed by atoms with Gasteiger partial charge in [0.25, 0.3) is 0 Å². The van der Waals surface area contributed by atoms with Crippen LogP contribution in [0.2, 0.25) is 0 Å². The average molecular weight is 188 g/mol. The minimum atomic E-state index is 0.791. The summed E-state index contributed by atoms with van der Waals surface area (Å²) in [6, 6.07) is 7.11. The van der Waals surface area contributed by atoms with E-state index in [-0.39, 0.29) is 0 Å². The number of rotatable bonds is 1. The van der Waals surface area contributed by atoms with E-state index in [0.717, 1.165) is 11.7 Å². The van der Waals surface area contributed by atoms with E-state index < -0.39 is 0 Å². The van der Waals surface area contributed by atoms with Gasteiger partial charge in [-0.2, -0.15) is 0 Å². The van der Waals surface area contributed by atoms with Crippen LogP contribution in [-0.4, -0.2) is 12.6 Å². The third kappa shape index (κ3) is 1.17. The predicted octanol–water partition coefficient (Wildman–Crippen LogP) is 2.18. The molecule has 0 aromatic heterocycles. The van der Waals surface area contributed by atoms with Gasteiger partial charge < -0.3 is 10.6 Å². The van der Waals surface area contributed by atoms with Crippen LogP contribution in [0.5, 0.6) is 0 Å². The Hall–Kier alpha value is -1.18. The zero-order valence-corrected chi connectivity index (χ0v) is 8.37. The van der Waals surface area contributed by atoms with E-state index in [2.05, 4.69) is 17.0 Å². The van der Waals surface area contributed by atoms with Crippen molar-refractivity contribution < 1.29 is 0 Å². The molecule has 0 unspecified atom stereocenters. The van der Waals surface area contributed by atoms with Gasteiger partial charge in [-0.05, 0) is 37.3 Å². The molecule has 0 radical (unpaired) electrons. The highest BCUT2D eigenvalue weighted by atomic mass is 15.2. The fraction of sp³-hybridized carbons (Fsp3) is 0.500. The fourth-order valence-electron chi connectivity index (χ4n) is 2.47. The molecule has 1 heterocycles. The van der Waals surface area contributed by atoms with E-state index in [0.29, 0.717) is 0 Å². The summed E-state index contributed by atoms with van der Waals surface area (Å²) in [7, 11) is 0. The van der Waals surface area contributed by atoms with Gasteiger partial charge in [-0.3, -0.25) is 0 Å². The Kier molecular flexibility index (Phi) is 1.69. The lowest BCUT2D eigenvalue weighted by molar-refractivity contribution is 0.689. The molecule has 1 saturated carbocycles. The van der Waals surface area contributed by atoms with Crippen LogP contribution in [0.15, 0.2) is 18.2 Å². The summed E-state index contributed by atoms with van der Waals surface area (Å²) in [6.07, 6.45) is 5.19. The summed E-state index contributed by atoms with van der Waals surface area (Å²) < 4.78 is 0. The number of anilines is 2. The predicted molar refractivity (Wildman–Crippen MR) is 59.5 cm³/mol. The largest absolute Gasteiger partial charge is 0.397 e. The van der Waals surface area contributed by atoms with Gasteiger partial charge in [0, 0.05) is 12.6 Å². The summed E-state index contributed by atoms with van der Waals surface area (Å²) in [5, 5.41) is 0. The molecule has 2 N–H and O–H groups in total. The van der Waals surface area contributed by atoms with Gasteiger partial charge in [-0.1, -0.05) is 12.1 Å². The molecule has 0 bridgehead atoms. The van der Waals surface area contributed by atoms with Crippen LogP contribution in [-0.2, 0) is 6.42 Å². The average Bonchev–Trinajstić information content (AvgIpc) is 3.01. The molecule has 3 rings (SSSR count). The first-order valence-corrected chi connectivity index (χ1v) is 5.50. The Morgan fingerprint density at radius 1 is 1.29 bits per heavy atom. The van der Waals surface area contributed by atoms with Crippen LogP contribution in [0.25, 0.3) is 0 Å². The molecule has 14 heavy (non-hydrogen) atoms. The summed E-state index contributed by atoms with van der Waals surface area (Å²) >= 11 is 0. The molecule has 0 amide bonds. The zero-order valence-electron chi connectivity index (χ0n) is 8.37. The van der Waals surface area contributed by atoms with Crippen molar-refractivity contribution in [1.82, 2.24) is 0 Å². The van der Waals surface area contributed by atoms with Gasteiger partial charge in [-0.25, -0.2) is 0 Å². The van der Waals surface area contributed by atoms with Crippen molar-refractivity contribution in [2.24, 2.45) is 0 Å². The second kappa shape index (κ2) is 2.91. The summed E-state index contributed by atoms with van der Waals surface area (Å²) in [5.41, 5.74) is 9.80. The first kappa shape index (κ1) is 8.16. The van der Waals surface area contributed by atoms with E-state index in [4.69, 9.17) is 5.73 Å². The van der Waals surface area contributed by atoms with Gasteiger partial charge in [0.05, 0.1) is 11.4 Å². The molecular formula is C12H16N2. The normalized spacial score (nSPS) is 20.7. The Morgan fingerprint density at radius 2 is 2.14 bits per heavy atom. The molecule has 0 saturated heterocycles. The maximum Gasteiger partial charge on any atom is 0.0634 e.